The molecular formula is C18H18Br2N2O2S2. The molecule has 3 rings (SSSR count). The van der Waals surface area contributed by atoms with E-state index in [1.165, 1.54) is 12.0 Å². The third-order valence-electron chi connectivity index (χ3n) is 4.31. The fraction of sp³-hybridized carbons (Fsp3) is 0.333. The molecule has 1 aliphatic carbocycles. The molecule has 26 heavy (non-hydrogen) atoms. The van der Waals surface area contributed by atoms with Gasteiger partial charge in [0.15, 0.2) is 5.11 Å². The molecule has 1 atom stereocenters. The van der Waals surface area contributed by atoms with Crippen LogP contribution in [0.4, 0.5) is 10.7 Å². The van der Waals surface area contributed by atoms with Crippen molar-refractivity contribution in [3.8, 4) is 0 Å². The highest BCUT2D eigenvalue weighted by Gasteiger charge is 2.28. The van der Waals surface area contributed by atoms with E-state index in [4.69, 9.17) is 17.0 Å². The first-order valence-corrected chi connectivity index (χ1v) is 11.0. The van der Waals surface area contributed by atoms with Gasteiger partial charge in [0.1, 0.15) is 5.00 Å². The molecule has 1 aromatic heterocycles. The maximum atomic E-state index is 12.3. The molecule has 4 nitrogen and oxygen atoms in total. The average molecular weight is 518 g/mol. The first-order valence-electron chi connectivity index (χ1n) is 8.15. The number of carbonyl (C=O) groups excluding carboxylic acids is 1. The number of thiophene rings is 1. The summed E-state index contributed by atoms with van der Waals surface area (Å²) in [5, 5.41) is 7.55. The van der Waals surface area contributed by atoms with Gasteiger partial charge < -0.3 is 15.4 Å². The molecule has 138 valence electrons. The van der Waals surface area contributed by atoms with E-state index in [1.54, 1.807) is 11.3 Å². The lowest BCUT2D eigenvalue weighted by Gasteiger charge is -2.18. The summed E-state index contributed by atoms with van der Waals surface area (Å²) in [5.74, 6) is 0.315. The standard InChI is InChI=1S/C18H18Br2N2O2S2/c1-9-3-5-11-14(7-9)26-16(15(11)17(23)24-2)22-18(25)21-13-6-4-10(19)8-12(13)20/h4,6,8-9H,3,5,7H2,1-2H3,(H2,21,22,25). The molecule has 0 saturated heterocycles. The van der Waals surface area contributed by atoms with Crippen molar-refractivity contribution in [3.63, 3.8) is 0 Å². The lowest BCUT2D eigenvalue weighted by molar-refractivity contribution is 0.0601. The number of ether oxygens (including phenoxy) is 1. The minimum atomic E-state index is -0.313. The summed E-state index contributed by atoms with van der Waals surface area (Å²) in [6, 6.07) is 5.79. The fourth-order valence-corrected chi connectivity index (χ4v) is 5.83. The molecule has 8 heteroatoms. The SMILES string of the molecule is COC(=O)c1c(NC(=S)Nc2ccc(Br)cc2Br)sc2c1CCC(C)C2. The normalized spacial score (nSPS) is 15.9. The predicted molar refractivity (Wildman–Crippen MR) is 119 cm³/mol. The molecule has 0 radical (unpaired) electrons. The van der Waals surface area contributed by atoms with E-state index in [-0.39, 0.29) is 5.97 Å². The van der Waals surface area contributed by atoms with Crippen LogP contribution in [0, 0.1) is 5.92 Å². The van der Waals surface area contributed by atoms with E-state index < -0.39 is 0 Å². The number of hydrogen-bond acceptors (Lipinski definition) is 4. The van der Waals surface area contributed by atoms with E-state index in [9.17, 15) is 4.79 Å². The van der Waals surface area contributed by atoms with Gasteiger partial charge in [-0.3, -0.25) is 0 Å². The van der Waals surface area contributed by atoms with Crippen molar-refractivity contribution in [1.29, 1.82) is 0 Å². The molecule has 2 N–H and O–H groups in total. The molecule has 0 amide bonds. The Morgan fingerprint density at radius 1 is 1.35 bits per heavy atom. The summed E-state index contributed by atoms with van der Waals surface area (Å²) < 4.78 is 6.88. The molecule has 0 fully saturated rings. The minimum Gasteiger partial charge on any atom is -0.465 e. The van der Waals surface area contributed by atoms with Gasteiger partial charge in [0, 0.05) is 13.8 Å². The Bertz CT molecular complexity index is 867. The zero-order valence-electron chi connectivity index (χ0n) is 14.3. The number of fused-ring (bicyclic) bond motifs is 1. The summed E-state index contributed by atoms with van der Waals surface area (Å²) in [5.41, 5.74) is 2.58. The zero-order chi connectivity index (χ0) is 18.8. The number of hydrogen-bond donors (Lipinski definition) is 2. The van der Waals surface area contributed by atoms with Crippen LogP contribution in [0.1, 0.15) is 34.1 Å². The first kappa shape index (κ1) is 19.8. The molecular weight excluding hydrogens is 500 g/mol. The third-order valence-corrected chi connectivity index (χ3v) is 6.83. The second-order valence-electron chi connectivity index (χ2n) is 6.25. The summed E-state index contributed by atoms with van der Waals surface area (Å²) in [6.45, 7) is 2.24. The number of halogens is 2. The number of esters is 1. The molecule has 1 unspecified atom stereocenters. The number of thiocarbonyl (C=S) groups is 1. The molecule has 0 spiro atoms. The maximum absolute atomic E-state index is 12.3. The van der Waals surface area contributed by atoms with Crippen LogP contribution in [0.15, 0.2) is 27.1 Å². The Morgan fingerprint density at radius 2 is 2.12 bits per heavy atom. The van der Waals surface area contributed by atoms with Crippen LogP contribution in [0.2, 0.25) is 0 Å². The van der Waals surface area contributed by atoms with Gasteiger partial charge in [-0.1, -0.05) is 22.9 Å². The molecule has 0 bridgehead atoms. The number of carbonyl (C=O) groups is 1. The van der Waals surface area contributed by atoms with E-state index in [0.29, 0.717) is 16.6 Å². The molecule has 2 aromatic rings. The Kier molecular flexibility index (Phi) is 6.37. The van der Waals surface area contributed by atoms with Crippen LogP contribution >= 0.6 is 55.4 Å². The second kappa shape index (κ2) is 8.37. The lowest BCUT2D eigenvalue weighted by atomic mass is 9.88. The number of nitrogens with one attached hydrogen (secondary N) is 2. The number of benzene rings is 1. The maximum Gasteiger partial charge on any atom is 0.341 e. The Balaban J connectivity index is 1.84. The smallest absolute Gasteiger partial charge is 0.341 e. The van der Waals surface area contributed by atoms with Crippen LogP contribution in [-0.4, -0.2) is 18.2 Å². The van der Waals surface area contributed by atoms with Crippen molar-refractivity contribution in [2.75, 3.05) is 17.7 Å². The summed E-state index contributed by atoms with van der Waals surface area (Å²) >= 11 is 14.0. The molecule has 1 heterocycles. The van der Waals surface area contributed by atoms with Gasteiger partial charge >= 0.3 is 5.97 Å². The van der Waals surface area contributed by atoms with Gasteiger partial charge in [-0.2, -0.15) is 0 Å². The minimum absolute atomic E-state index is 0.313. The third kappa shape index (κ3) is 4.30. The van der Waals surface area contributed by atoms with Crippen molar-refractivity contribution in [3.05, 3.63) is 43.1 Å². The Labute approximate surface area is 179 Å². The van der Waals surface area contributed by atoms with Gasteiger partial charge in [0.25, 0.3) is 0 Å². The Morgan fingerprint density at radius 3 is 2.81 bits per heavy atom. The van der Waals surface area contributed by atoms with E-state index in [0.717, 1.165) is 44.5 Å². The van der Waals surface area contributed by atoms with Crippen LogP contribution in [-0.2, 0) is 17.6 Å². The summed E-state index contributed by atoms with van der Waals surface area (Å²) in [7, 11) is 1.41. The topological polar surface area (TPSA) is 50.4 Å². The average Bonchev–Trinajstić information content (AvgIpc) is 2.93. The molecule has 1 aromatic carbocycles. The van der Waals surface area contributed by atoms with Crippen LogP contribution < -0.4 is 10.6 Å². The quantitative estimate of drug-likeness (QED) is 0.386. The molecule has 1 aliphatic rings. The monoisotopic (exact) mass is 516 g/mol. The summed E-state index contributed by atoms with van der Waals surface area (Å²) in [6.07, 6.45) is 2.98. The van der Waals surface area contributed by atoms with Crippen LogP contribution in [0.3, 0.4) is 0 Å². The predicted octanol–water partition coefficient (Wildman–Crippen LogP) is 5.99. The molecule has 0 saturated carbocycles. The Hall–Kier alpha value is -0.960. The second-order valence-corrected chi connectivity index (χ2v) is 9.53. The highest BCUT2D eigenvalue weighted by atomic mass is 79.9. The van der Waals surface area contributed by atoms with Crippen molar-refractivity contribution >= 4 is 77.2 Å². The van der Waals surface area contributed by atoms with Gasteiger partial charge in [-0.05, 0) is 77.1 Å². The molecule has 0 aliphatic heterocycles. The number of anilines is 2. The van der Waals surface area contributed by atoms with Crippen LogP contribution in [0.5, 0.6) is 0 Å². The lowest BCUT2D eigenvalue weighted by Crippen LogP contribution is -2.20. The summed E-state index contributed by atoms with van der Waals surface area (Å²) in [4.78, 5) is 13.6. The largest absolute Gasteiger partial charge is 0.465 e. The first-order chi connectivity index (χ1) is 12.4. The number of methoxy groups -OCH3 is 1. The van der Waals surface area contributed by atoms with Crippen molar-refractivity contribution < 1.29 is 9.53 Å². The van der Waals surface area contributed by atoms with Crippen molar-refractivity contribution in [2.24, 2.45) is 5.92 Å². The number of rotatable bonds is 3. The fourth-order valence-electron chi connectivity index (χ4n) is 3.00. The highest BCUT2D eigenvalue weighted by molar-refractivity contribution is 9.11. The van der Waals surface area contributed by atoms with Gasteiger partial charge in [-0.15, -0.1) is 11.3 Å². The van der Waals surface area contributed by atoms with Crippen molar-refractivity contribution in [2.45, 2.75) is 26.2 Å². The van der Waals surface area contributed by atoms with Crippen molar-refractivity contribution in [1.82, 2.24) is 0 Å². The van der Waals surface area contributed by atoms with Gasteiger partial charge in [0.2, 0.25) is 0 Å². The highest BCUT2D eigenvalue weighted by Crippen LogP contribution is 2.40. The van der Waals surface area contributed by atoms with E-state index in [2.05, 4.69) is 49.4 Å². The van der Waals surface area contributed by atoms with E-state index in [1.807, 2.05) is 18.2 Å². The zero-order valence-corrected chi connectivity index (χ0v) is 19.1. The van der Waals surface area contributed by atoms with Gasteiger partial charge in [-0.25, -0.2) is 4.79 Å². The van der Waals surface area contributed by atoms with Gasteiger partial charge in [0.05, 0.1) is 18.4 Å². The van der Waals surface area contributed by atoms with Crippen LogP contribution in [0.25, 0.3) is 0 Å². The van der Waals surface area contributed by atoms with E-state index >= 15 is 0 Å².